The van der Waals surface area contributed by atoms with Gasteiger partial charge in [0, 0.05) is 6.08 Å². The number of hydrogen-bond donors (Lipinski definition) is 0. The molecule has 0 aromatic heterocycles. The molecule has 0 rings (SSSR count). The van der Waals surface area contributed by atoms with Crippen molar-refractivity contribution in [2.75, 3.05) is 0 Å². The quantitative estimate of drug-likeness (QED) is 0.425. The highest BCUT2D eigenvalue weighted by Crippen LogP contribution is 1.95. The van der Waals surface area contributed by atoms with Crippen molar-refractivity contribution < 1.29 is 9.53 Å². The molecule has 9 heavy (non-hydrogen) atoms. The standard InChI is InChI=1S/C7H12O2/c1-4-6(3)9-7(8)5-2/h5-6H,2,4H2,1,3H3/t6-/m1/s1. The van der Waals surface area contributed by atoms with Gasteiger partial charge in [-0.1, -0.05) is 13.5 Å². The van der Waals surface area contributed by atoms with Crippen molar-refractivity contribution in [3.05, 3.63) is 12.7 Å². The lowest BCUT2D eigenvalue weighted by Gasteiger charge is -2.07. The molecule has 0 spiro atoms. The summed E-state index contributed by atoms with van der Waals surface area (Å²) in [4.78, 5) is 10.4. The lowest BCUT2D eigenvalue weighted by molar-refractivity contribution is -0.142. The normalized spacial score (nSPS) is 12.2. The fourth-order valence-corrected chi connectivity index (χ4v) is 0.330. The molecule has 0 aromatic carbocycles. The summed E-state index contributed by atoms with van der Waals surface area (Å²) in [5.74, 6) is -0.343. The molecule has 0 unspecified atom stereocenters. The molecule has 0 N–H and O–H groups in total. The van der Waals surface area contributed by atoms with Gasteiger partial charge in [0.05, 0.1) is 6.10 Å². The second kappa shape index (κ2) is 4.13. The molecule has 0 aliphatic carbocycles. The molecule has 2 nitrogen and oxygen atoms in total. The van der Waals surface area contributed by atoms with Crippen molar-refractivity contribution in [1.82, 2.24) is 0 Å². The summed E-state index contributed by atoms with van der Waals surface area (Å²) in [5, 5.41) is 0. The highest BCUT2D eigenvalue weighted by Gasteiger charge is 2.01. The first kappa shape index (κ1) is 8.21. The number of carbonyl (C=O) groups excluding carboxylic acids is 1. The molecule has 0 bridgehead atoms. The van der Waals surface area contributed by atoms with E-state index in [-0.39, 0.29) is 12.1 Å². The Kier molecular flexibility index (Phi) is 3.76. The summed E-state index contributed by atoms with van der Waals surface area (Å²) in [6, 6.07) is 0. The number of ether oxygens (including phenoxy) is 1. The number of hydrogen-bond acceptors (Lipinski definition) is 2. The van der Waals surface area contributed by atoms with E-state index in [1.54, 1.807) is 0 Å². The molecule has 0 amide bonds. The Hall–Kier alpha value is -0.790. The third-order valence-corrected chi connectivity index (χ3v) is 1.06. The van der Waals surface area contributed by atoms with Gasteiger partial charge in [0.1, 0.15) is 0 Å². The summed E-state index contributed by atoms with van der Waals surface area (Å²) >= 11 is 0. The van der Waals surface area contributed by atoms with Crippen LogP contribution >= 0.6 is 0 Å². The van der Waals surface area contributed by atoms with Gasteiger partial charge >= 0.3 is 5.97 Å². The van der Waals surface area contributed by atoms with Crippen LogP contribution in [0.1, 0.15) is 20.3 Å². The Bertz CT molecular complexity index is 107. The molecule has 52 valence electrons. The van der Waals surface area contributed by atoms with E-state index in [4.69, 9.17) is 4.74 Å². The zero-order chi connectivity index (χ0) is 7.28. The Morgan fingerprint density at radius 1 is 1.89 bits per heavy atom. The zero-order valence-electron chi connectivity index (χ0n) is 5.89. The second-order valence-electron chi connectivity index (χ2n) is 1.86. The Labute approximate surface area is 55.5 Å². The van der Waals surface area contributed by atoms with E-state index < -0.39 is 0 Å². The highest BCUT2D eigenvalue weighted by atomic mass is 16.5. The van der Waals surface area contributed by atoms with Crippen LogP contribution in [0.25, 0.3) is 0 Å². The van der Waals surface area contributed by atoms with Crippen molar-refractivity contribution in [2.45, 2.75) is 26.4 Å². The summed E-state index contributed by atoms with van der Waals surface area (Å²) in [6.45, 7) is 7.08. The maximum absolute atomic E-state index is 10.4. The minimum Gasteiger partial charge on any atom is -0.460 e. The Morgan fingerprint density at radius 3 is 2.78 bits per heavy atom. The van der Waals surface area contributed by atoms with Crippen LogP contribution in [0.4, 0.5) is 0 Å². The molecule has 0 radical (unpaired) electrons. The van der Waals surface area contributed by atoms with E-state index >= 15 is 0 Å². The second-order valence-corrected chi connectivity index (χ2v) is 1.86. The lowest BCUT2D eigenvalue weighted by Crippen LogP contribution is -2.10. The molecule has 0 saturated carbocycles. The molecule has 2 heteroatoms. The molecule has 1 atom stereocenters. The predicted molar refractivity (Wildman–Crippen MR) is 36.0 cm³/mol. The van der Waals surface area contributed by atoms with Crippen LogP contribution in [0, 0.1) is 0 Å². The first-order valence-corrected chi connectivity index (χ1v) is 3.03. The van der Waals surface area contributed by atoms with E-state index in [0.29, 0.717) is 0 Å². The molecule has 0 fully saturated rings. The van der Waals surface area contributed by atoms with Gasteiger partial charge in [-0.05, 0) is 13.3 Å². The summed E-state index contributed by atoms with van der Waals surface area (Å²) in [7, 11) is 0. The SMILES string of the molecule is C=CC(=O)O[C@H](C)CC. The van der Waals surface area contributed by atoms with Crippen molar-refractivity contribution in [1.29, 1.82) is 0 Å². The molecular weight excluding hydrogens is 116 g/mol. The predicted octanol–water partition coefficient (Wildman–Crippen LogP) is 1.51. The van der Waals surface area contributed by atoms with Gasteiger partial charge in [-0.3, -0.25) is 0 Å². The van der Waals surface area contributed by atoms with Gasteiger partial charge in [0.25, 0.3) is 0 Å². The maximum Gasteiger partial charge on any atom is 0.330 e. The largest absolute Gasteiger partial charge is 0.460 e. The van der Waals surface area contributed by atoms with Crippen molar-refractivity contribution in [3.63, 3.8) is 0 Å². The topological polar surface area (TPSA) is 26.3 Å². The fraction of sp³-hybridized carbons (Fsp3) is 0.571. The zero-order valence-corrected chi connectivity index (χ0v) is 5.89. The van der Waals surface area contributed by atoms with Gasteiger partial charge in [-0.2, -0.15) is 0 Å². The minimum atomic E-state index is -0.343. The lowest BCUT2D eigenvalue weighted by atomic mass is 10.3. The van der Waals surface area contributed by atoms with Gasteiger partial charge < -0.3 is 4.74 Å². The van der Waals surface area contributed by atoms with E-state index in [2.05, 4.69) is 6.58 Å². The summed E-state index contributed by atoms with van der Waals surface area (Å²) in [5.41, 5.74) is 0. The van der Waals surface area contributed by atoms with Crippen LogP contribution in [0.2, 0.25) is 0 Å². The van der Waals surface area contributed by atoms with E-state index in [9.17, 15) is 4.79 Å². The molecular formula is C7H12O2. The molecule has 0 aromatic rings. The van der Waals surface area contributed by atoms with Crippen LogP contribution in [-0.2, 0) is 9.53 Å². The molecule has 0 aliphatic rings. The van der Waals surface area contributed by atoms with E-state index in [1.807, 2.05) is 13.8 Å². The van der Waals surface area contributed by atoms with Crippen molar-refractivity contribution in [3.8, 4) is 0 Å². The van der Waals surface area contributed by atoms with Gasteiger partial charge in [-0.25, -0.2) is 4.79 Å². The van der Waals surface area contributed by atoms with Crippen LogP contribution in [0.15, 0.2) is 12.7 Å². The average Bonchev–Trinajstić information content (AvgIpc) is 1.87. The van der Waals surface area contributed by atoms with E-state index in [0.717, 1.165) is 6.42 Å². The molecule has 0 aliphatic heterocycles. The number of esters is 1. The first-order valence-electron chi connectivity index (χ1n) is 3.03. The molecule has 0 heterocycles. The van der Waals surface area contributed by atoms with Gasteiger partial charge in [-0.15, -0.1) is 0 Å². The van der Waals surface area contributed by atoms with Crippen LogP contribution in [0.3, 0.4) is 0 Å². The van der Waals surface area contributed by atoms with E-state index in [1.165, 1.54) is 6.08 Å². The van der Waals surface area contributed by atoms with Gasteiger partial charge in [0.2, 0.25) is 0 Å². The fourth-order valence-electron chi connectivity index (χ4n) is 0.330. The number of rotatable bonds is 3. The van der Waals surface area contributed by atoms with Crippen LogP contribution in [0.5, 0.6) is 0 Å². The smallest absolute Gasteiger partial charge is 0.330 e. The first-order chi connectivity index (χ1) is 4.20. The van der Waals surface area contributed by atoms with Gasteiger partial charge in [0.15, 0.2) is 0 Å². The third kappa shape index (κ3) is 3.76. The highest BCUT2D eigenvalue weighted by molar-refractivity contribution is 5.81. The Balaban J connectivity index is 3.46. The van der Waals surface area contributed by atoms with Crippen LogP contribution < -0.4 is 0 Å². The van der Waals surface area contributed by atoms with Crippen LogP contribution in [-0.4, -0.2) is 12.1 Å². The monoisotopic (exact) mass is 128 g/mol. The maximum atomic E-state index is 10.4. The van der Waals surface area contributed by atoms with Crippen molar-refractivity contribution in [2.24, 2.45) is 0 Å². The Morgan fingerprint density at radius 2 is 2.44 bits per heavy atom. The average molecular weight is 128 g/mol. The summed E-state index contributed by atoms with van der Waals surface area (Å²) < 4.78 is 4.79. The minimum absolute atomic E-state index is 0.00972. The summed E-state index contributed by atoms with van der Waals surface area (Å²) in [6.07, 6.45) is 2.03. The molecule has 0 saturated heterocycles. The van der Waals surface area contributed by atoms with Crippen molar-refractivity contribution >= 4 is 5.97 Å². The third-order valence-electron chi connectivity index (χ3n) is 1.06. The number of carbonyl (C=O) groups is 1.